The first-order valence-electron chi connectivity index (χ1n) is 6.15. The first kappa shape index (κ1) is 10.6. The summed E-state index contributed by atoms with van der Waals surface area (Å²) in [6.07, 6.45) is 6.03. The molecule has 0 bridgehead atoms. The van der Waals surface area contributed by atoms with E-state index < -0.39 is 5.60 Å². The van der Waals surface area contributed by atoms with Crippen LogP contribution in [0, 0.1) is 11.8 Å². The van der Waals surface area contributed by atoms with Crippen molar-refractivity contribution in [2.45, 2.75) is 25.4 Å². The summed E-state index contributed by atoms with van der Waals surface area (Å²) in [6.45, 7) is 2.05. The van der Waals surface area contributed by atoms with Gasteiger partial charge in [-0.2, -0.15) is 0 Å². The first-order valence-corrected chi connectivity index (χ1v) is 6.15. The van der Waals surface area contributed by atoms with Gasteiger partial charge in [-0.25, -0.2) is 0 Å². The van der Waals surface area contributed by atoms with Crippen LogP contribution in [0.5, 0.6) is 0 Å². The SMILES string of the molecule is C[C@]1(c2ccccc2)OC(=O)[C@@H]2CC=CC[C@@H]21. The number of fused-ring (bicyclic) bond motifs is 1. The zero-order valence-electron chi connectivity index (χ0n) is 9.93. The fraction of sp³-hybridized carbons (Fsp3) is 0.400. The van der Waals surface area contributed by atoms with E-state index in [0.29, 0.717) is 0 Å². The third-order valence-electron chi connectivity index (χ3n) is 4.10. The Morgan fingerprint density at radius 2 is 1.88 bits per heavy atom. The van der Waals surface area contributed by atoms with E-state index in [2.05, 4.69) is 12.2 Å². The average molecular weight is 228 g/mol. The lowest BCUT2D eigenvalue weighted by Gasteiger charge is -2.32. The predicted molar refractivity (Wildman–Crippen MR) is 65.2 cm³/mol. The van der Waals surface area contributed by atoms with Gasteiger partial charge in [0, 0.05) is 5.92 Å². The lowest BCUT2D eigenvalue weighted by molar-refractivity contribution is -0.150. The van der Waals surface area contributed by atoms with Crippen LogP contribution in [0.15, 0.2) is 42.5 Å². The summed E-state index contributed by atoms with van der Waals surface area (Å²) in [4.78, 5) is 11.9. The van der Waals surface area contributed by atoms with E-state index in [9.17, 15) is 4.79 Å². The van der Waals surface area contributed by atoms with Crippen molar-refractivity contribution < 1.29 is 9.53 Å². The van der Waals surface area contributed by atoms with Gasteiger partial charge in [0.2, 0.25) is 0 Å². The minimum Gasteiger partial charge on any atom is -0.454 e. The van der Waals surface area contributed by atoms with Gasteiger partial charge < -0.3 is 4.74 Å². The number of allylic oxidation sites excluding steroid dienone is 2. The van der Waals surface area contributed by atoms with Gasteiger partial charge in [0.05, 0.1) is 5.92 Å². The minimum absolute atomic E-state index is 0.0364. The summed E-state index contributed by atoms with van der Waals surface area (Å²) >= 11 is 0. The number of rotatable bonds is 1. The van der Waals surface area contributed by atoms with Crippen LogP contribution >= 0.6 is 0 Å². The Hall–Kier alpha value is -1.57. The number of hydrogen-bond donors (Lipinski definition) is 0. The highest BCUT2D eigenvalue weighted by Gasteiger charge is 2.53. The highest BCUT2D eigenvalue weighted by atomic mass is 16.6. The standard InChI is InChI=1S/C15H16O2/c1-15(11-7-3-2-4-8-11)13-10-6-5-9-12(13)14(16)17-15/h2-8,12-13H,9-10H2,1H3/t12-,13+,15-/m1/s1. The van der Waals surface area contributed by atoms with E-state index in [1.165, 1.54) is 0 Å². The lowest BCUT2D eigenvalue weighted by Crippen LogP contribution is -2.31. The van der Waals surface area contributed by atoms with Gasteiger partial charge in [-0.15, -0.1) is 0 Å². The molecule has 1 fully saturated rings. The summed E-state index contributed by atoms with van der Waals surface area (Å²) in [7, 11) is 0. The molecule has 88 valence electrons. The van der Waals surface area contributed by atoms with Crippen molar-refractivity contribution in [1.82, 2.24) is 0 Å². The maximum absolute atomic E-state index is 11.9. The lowest BCUT2D eigenvalue weighted by atomic mass is 9.73. The van der Waals surface area contributed by atoms with Crippen molar-refractivity contribution in [3.8, 4) is 0 Å². The Labute approximate surface area is 101 Å². The Bertz CT molecular complexity index is 463. The summed E-state index contributed by atoms with van der Waals surface area (Å²) in [6, 6.07) is 10.1. The van der Waals surface area contributed by atoms with E-state index >= 15 is 0 Å². The van der Waals surface area contributed by atoms with E-state index in [1.807, 2.05) is 37.3 Å². The summed E-state index contributed by atoms with van der Waals surface area (Å²) in [5.41, 5.74) is 0.657. The van der Waals surface area contributed by atoms with E-state index in [1.54, 1.807) is 0 Å². The highest BCUT2D eigenvalue weighted by Crippen LogP contribution is 2.49. The zero-order valence-corrected chi connectivity index (χ0v) is 9.93. The van der Waals surface area contributed by atoms with E-state index in [-0.39, 0.29) is 17.8 Å². The average Bonchev–Trinajstić information content (AvgIpc) is 2.65. The normalized spacial score (nSPS) is 35.5. The predicted octanol–water partition coefficient (Wildman–Crippen LogP) is 3.04. The van der Waals surface area contributed by atoms with Crippen LogP contribution in [0.1, 0.15) is 25.3 Å². The molecule has 1 aromatic rings. The summed E-state index contributed by atoms with van der Waals surface area (Å²) in [5.74, 6) is 0.290. The van der Waals surface area contributed by atoms with Gasteiger partial charge in [-0.05, 0) is 25.3 Å². The van der Waals surface area contributed by atoms with Gasteiger partial charge in [0.25, 0.3) is 0 Å². The number of ether oxygens (including phenoxy) is 1. The molecular weight excluding hydrogens is 212 g/mol. The third kappa shape index (κ3) is 1.51. The van der Waals surface area contributed by atoms with Crippen molar-refractivity contribution in [2.24, 2.45) is 11.8 Å². The van der Waals surface area contributed by atoms with E-state index in [0.717, 1.165) is 18.4 Å². The second-order valence-corrected chi connectivity index (χ2v) is 5.05. The van der Waals surface area contributed by atoms with Crippen LogP contribution in [0.4, 0.5) is 0 Å². The Morgan fingerprint density at radius 1 is 1.18 bits per heavy atom. The molecule has 3 atom stereocenters. The van der Waals surface area contributed by atoms with Crippen LogP contribution in [-0.4, -0.2) is 5.97 Å². The summed E-state index contributed by atoms with van der Waals surface area (Å²) < 4.78 is 5.70. The minimum atomic E-state index is -0.451. The molecule has 0 amide bonds. The molecule has 1 aromatic carbocycles. The largest absolute Gasteiger partial charge is 0.454 e. The molecule has 0 unspecified atom stereocenters. The third-order valence-corrected chi connectivity index (χ3v) is 4.10. The Balaban J connectivity index is 2.03. The maximum atomic E-state index is 11.9. The van der Waals surface area contributed by atoms with Crippen molar-refractivity contribution >= 4 is 5.97 Å². The molecule has 1 heterocycles. The van der Waals surface area contributed by atoms with Crippen molar-refractivity contribution in [3.05, 3.63) is 48.0 Å². The Kier molecular flexibility index (Phi) is 2.32. The Morgan fingerprint density at radius 3 is 2.65 bits per heavy atom. The fourth-order valence-corrected chi connectivity index (χ4v) is 3.09. The molecule has 1 saturated heterocycles. The topological polar surface area (TPSA) is 26.3 Å². The monoisotopic (exact) mass is 228 g/mol. The van der Waals surface area contributed by atoms with Gasteiger partial charge in [0.15, 0.2) is 0 Å². The van der Waals surface area contributed by atoms with Crippen LogP contribution < -0.4 is 0 Å². The number of hydrogen-bond acceptors (Lipinski definition) is 2. The van der Waals surface area contributed by atoms with Crippen LogP contribution in [0.2, 0.25) is 0 Å². The molecule has 2 nitrogen and oxygen atoms in total. The number of benzene rings is 1. The summed E-state index contributed by atoms with van der Waals surface area (Å²) in [5, 5.41) is 0. The van der Waals surface area contributed by atoms with Gasteiger partial charge >= 0.3 is 5.97 Å². The molecule has 0 N–H and O–H groups in total. The number of esters is 1. The molecule has 0 spiro atoms. The van der Waals surface area contributed by atoms with E-state index in [4.69, 9.17) is 4.74 Å². The quantitative estimate of drug-likeness (QED) is 0.545. The van der Waals surface area contributed by atoms with Gasteiger partial charge in [0.1, 0.15) is 5.60 Å². The highest BCUT2D eigenvalue weighted by molar-refractivity contribution is 5.77. The molecule has 0 saturated carbocycles. The first-order chi connectivity index (χ1) is 8.22. The van der Waals surface area contributed by atoms with Crippen LogP contribution in [-0.2, 0) is 15.1 Å². The molecular formula is C15H16O2. The number of cyclic esters (lactones) is 1. The smallest absolute Gasteiger partial charge is 0.310 e. The molecule has 17 heavy (non-hydrogen) atoms. The van der Waals surface area contributed by atoms with Crippen molar-refractivity contribution in [2.75, 3.05) is 0 Å². The molecule has 0 radical (unpaired) electrons. The van der Waals surface area contributed by atoms with Crippen LogP contribution in [0.3, 0.4) is 0 Å². The second kappa shape index (κ2) is 3.73. The molecule has 1 aliphatic heterocycles. The maximum Gasteiger partial charge on any atom is 0.310 e. The molecule has 1 aliphatic carbocycles. The van der Waals surface area contributed by atoms with Gasteiger partial charge in [-0.3, -0.25) is 4.79 Å². The van der Waals surface area contributed by atoms with Crippen molar-refractivity contribution in [1.29, 1.82) is 0 Å². The number of carbonyl (C=O) groups is 1. The molecule has 2 aliphatic rings. The molecule has 3 rings (SSSR count). The molecule has 0 aromatic heterocycles. The van der Waals surface area contributed by atoms with Crippen LogP contribution in [0.25, 0.3) is 0 Å². The fourth-order valence-electron chi connectivity index (χ4n) is 3.09. The zero-order chi connectivity index (χ0) is 11.9. The van der Waals surface area contributed by atoms with Crippen molar-refractivity contribution in [3.63, 3.8) is 0 Å². The molecule has 2 heteroatoms. The second-order valence-electron chi connectivity index (χ2n) is 5.05. The number of carbonyl (C=O) groups excluding carboxylic acids is 1. The van der Waals surface area contributed by atoms with Gasteiger partial charge in [-0.1, -0.05) is 42.5 Å².